The summed E-state index contributed by atoms with van der Waals surface area (Å²) in [4.78, 5) is 2.58. The predicted octanol–water partition coefficient (Wildman–Crippen LogP) is 5.23. The fourth-order valence-electron chi connectivity index (χ4n) is 4.69. The molecule has 3 nitrogen and oxygen atoms in total. The number of hydrogen-bond acceptors (Lipinski definition) is 3. The van der Waals surface area contributed by atoms with Crippen molar-refractivity contribution in [2.45, 2.75) is 57.5 Å². The predicted molar refractivity (Wildman–Crippen MR) is 116 cm³/mol. The first-order valence-corrected chi connectivity index (χ1v) is 10.9. The summed E-state index contributed by atoms with van der Waals surface area (Å²) < 4.78 is 5.73. The van der Waals surface area contributed by atoms with Crippen molar-refractivity contribution in [3.63, 3.8) is 0 Å². The lowest BCUT2D eigenvalue weighted by atomic mass is 9.79. The number of hydrogen-bond donors (Lipinski definition) is 1. The molecule has 0 radical (unpaired) electrons. The van der Waals surface area contributed by atoms with Crippen molar-refractivity contribution in [1.29, 1.82) is 0 Å². The zero-order chi connectivity index (χ0) is 19.5. The molecule has 1 unspecified atom stereocenters. The molecule has 1 heterocycles. The van der Waals surface area contributed by atoms with Crippen molar-refractivity contribution in [3.8, 4) is 5.75 Å². The maximum atomic E-state index is 5.73. The number of benzene rings is 2. The standard InChI is InChI=1S/C25H34N2O/c1-18(2)21-9-4-5-10-23(21)24-17-27(14-13-26-24)16-19-11-12-22(20-7-6-8-20)25(15-19)28-3/h4-5,9-12,15,18,20,24,26H,6-8,13-14,16-17H2,1-3H3. The van der Waals surface area contributed by atoms with Gasteiger partial charge in [0.15, 0.2) is 0 Å². The van der Waals surface area contributed by atoms with Crippen LogP contribution in [0.1, 0.15) is 73.2 Å². The first-order chi connectivity index (χ1) is 13.7. The van der Waals surface area contributed by atoms with Crippen LogP contribution >= 0.6 is 0 Å². The number of rotatable bonds is 6. The number of nitrogens with zero attached hydrogens (tertiary/aromatic N) is 1. The molecule has 0 amide bonds. The summed E-state index contributed by atoms with van der Waals surface area (Å²) in [6.45, 7) is 8.74. The zero-order valence-electron chi connectivity index (χ0n) is 17.6. The van der Waals surface area contributed by atoms with Gasteiger partial charge in [-0.25, -0.2) is 0 Å². The highest BCUT2D eigenvalue weighted by Gasteiger charge is 2.25. The highest BCUT2D eigenvalue weighted by molar-refractivity contribution is 5.41. The van der Waals surface area contributed by atoms with E-state index in [1.165, 1.54) is 41.5 Å². The van der Waals surface area contributed by atoms with Gasteiger partial charge in [0.25, 0.3) is 0 Å². The molecule has 1 saturated carbocycles. The van der Waals surface area contributed by atoms with Crippen LogP contribution in [0.4, 0.5) is 0 Å². The Balaban J connectivity index is 1.47. The Hall–Kier alpha value is -1.84. The summed E-state index contributed by atoms with van der Waals surface area (Å²) in [7, 11) is 1.81. The highest BCUT2D eigenvalue weighted by atomic mass is 16.5. The summed E-state index contributed by atoms with van der Waals surface area (Å²) >= 11 is 0. The van der Waals surface area contributed by atoms with Crippen LogP contribution in [0.2, 0.25) is 0 Å². The topological polar surface area (TPSA) is 24.5 Å². The SMILES string of the molecule is COc1cc(CN2CCNC(c3ccccc3C(C)C)C2)ccc1C1CCC1. The Morgan fingerprint density at radius 1 is 1.11 bits per heavy atom. The van der Waals surface area contributed by atoms with Gasteiger partial charge in [0.2, 0.25) is 0 Å². The second kappa shape index (κ2) is 8.67. The van der Waals surface area contributed by atoms with E-state index in [-0.39, 0.29) is 0 Å². The lowest BCUT2D eigenvalue weighted by Crippen LogP contribution is -2.45. The van der Waals surface area contributed by atoms with Crippen LogP contribution in [0.3, 0.4) is 0 Å². The molecule has 0 spiro atoms. The summed E-state index contributed by atoms with van der Waals surface area (Å²) in [6.07, 6.45) is 3.98. The summed E-state index contributed by atoms with van der Waals surface area (Å²) in [6, 6.07) is 16.2. The van der Waals surface area contributed by atoms with E-state index in [0.29, 0.717) is 17.9 Å². The van der Waals surface area contributed by atoms with E-state index in [1.807, 2.05) is 7.11 Å². The van der Waals surface area contributed by atoms with Crippen LogP contribution in [0.25, 0.3) is 0 Å². The summed E-state index contributed by atoms with van der Waals surface area (Å²) in [5.74, 6) is 2.34. The Bertz CT molecular complexity index is 797. The molecule has 4 rings (SSSR count). The van der Waals surface area contributed by atoms with Crippen molar-refractivity contribution in [3.05, 3.63) is 64.7 Å². The van der Waals surface area contributed by atoms with Gasteiger partial charge in [-0.3, -0.25) is 4.90 Å². The normalized spacial score (nSPS) is 20.9. The van der Waals surface area contributed by atoms with Crippen molar-refractivity contribution >= 4 is 0 Å². The first-order valence-electron chi connectivity index (χ1n) is 10.9. The van der Waals surface area contributed by atoms with Crippen molar-refractivity contribution < 1.29 is 4.74 Å². The molecule has 150 valence electrons. The van der Waals surface area contributed by atoms with E-state index in [2.05, 4.69) is 66.5 Å². The van der Waals surface area contributed by atoms with Gasteiger partial charge in [0, 0.05) is 32.2 Å². The van der Waals surface area contributed by atoms with E-state index in [0.717, 1.165) is 31.9 Å². The molecule has 2 aliphatic rings. The molecule has 1 aliphatic heterocycles. The monoisotopic (exact) mass is 378 g/mol. The third kappa shape index (κ3) is 4.11. The van der Waals surface area contributed by atoms with Crippen molar-refractivity contribution in [1.82, 2.24) is 10.2 Å². The van der Waals surface area contributed by atoms with E-state index >= 15 is 0 Å². The maximum absolute atomic E-state index is 5.73. The average Bonchev–Trinajstić information content (AvgIpc) is 2.68. The van der Waals surface area contributed by atoms with Gasteiger partial charge in [-0.1, -0.05) is 56.7 Å². The van der Waals surface area contributed by atoms with E-state index in [1.54, 1.807) is 0 Å². The van der Waals surface area contributed by atoms with Gasteiger partial charge in [0.05, 0.1) is 7.11 Å². The fraction of sp³-hybridized carbons (Fsp3) is 0.520. The van der Waals surface area contributed by atoms with Crippen LogP contribution < -0.4 is 10.1 Å². The number of methoxy groups -OCH3 is 1. The Labute approximate surface area is 170 Å². The molecule has 28 heavy (non-hydrogen) atoms. The van der Waals surface area contributed by atoms with Crippen molar-refractivity contribution in [2.75, 3.05) is 26.7 Å². The number of ether oxygens (including phenoxy) is 1. The van der Waals surface area contributed by atoms with Crippen LogP contribution in [0, 0.1) is 0 Å². The molecule has 3 heteroatoms. The third-order valence-electron chi connectivity index (χ3n) is 6.50. The minimum atomic E-state index is 0.406. The molecule has 2 aromatic carbocycles. The molecule has 0 aromatic heterocycles. The second-order valence-electron chi connectivity index (χ2n) is 8.73. The molecule has 0 bridgehead atoms. The highest BCUT2D eigenvalue weighted by Crippen LogP contribution is 2.41. The number of nitrogens with one attached hydrogen (secondary N) is 1. The fourth-order valence-corrected chi connectivity index (χ4v) is 4.69. The summed E-state index contributed by atoms with van der Waals surface area (Å²) in [5, 5.41) is 3.74. The van der Waals surface area contributed by atoms with Gasteiger partial charge in [-0.2, -0.15) is 0 Å². The Morgan fingerprint density at radius 2 is 1.93 bits per heavy atom. The Morgan fingerprint density at radius 3 is 2.64 bits per heavy atom. The molecule has 1 aliphatic carbocycles. The van der Waals surface area contributed by atoms with E-state index in [9.17, 15) is 0 Å². The van der Waals surface area contributed by atoms with E-state index in [4.69, 9.17) is 4.74 Å². The minimum Gasteiger partial charge on any atom is -0.496 e. The second-order valence-corrected chi connectivity index (χ2v) is 8.73. The molecule has 1 saturated heterocycles. The third-order valence-corrected chi connectivity index (χ3v) is 6.50. The summed E-state index contributed by atoms with van der Waals surface area (Å²) in [5.41, 5.74) is 5.69. The van der Waals surface area contributed by atoms with Crippen LogP contribution in [-0.4, -0.2) is 31.6 Å². The molecule has 1 N–H and O–H groups in total. The average molecular weight is 379 g/mol. The lowest BCUT2D eigenvalue weighted by Gasteiger charge is -2.35. The Kier molecular flexibility index (Phi) is 6.03. The van der Waals surface area contributed by atoms with Gasteiger partial charge < -0.3 is 10.1 Å². The van der Waals surface area contributed by atoms with Crippen LogP contribution in [-0.2, 0) is 6.54 Å². The molecular weight excluding hydrogens is 344 g/mol. The van der Waals surface area contributed by atoms with Gasteiger partial charge in [0.1, 0.15) is 5.75 Å². The molecule has 1 atom stereocenters. The number of piperazine rings is 1. The first kappa shape index (κ1) is 19.5. The largest absolute Gasteiger partial charge is 0.496 e. The molecule has 2 fully saturated rings. The zero-order valence-corrected chi connectivity index (χ0v) is 17.6. The maximum Gasteiger partial charge on any atom is 0.122 e. The van der Waals surface area contributed by atoms with Gasteiger partial charge in [-0.15, -0.1) is 0 Å². The quantitative estimate of drug-likeness (QED) is 0.745. The van der Waals surface area contributed by atoms with Gasteiger partial charge in [-0.05, 0) is 53.0 Å². The smallest absolute Gasteiger partial charge is 0.122 e. The van der Waals surface area contributed by atoms with Gasteiger partial charge >= 0.3 is 0 Å². The van der Waals surface area contributed by atoms with E-state index < -0.39 is 0 Å². The van der Waals surface area contributed by atoms with Crippen LogP contribution in [0.5, 0.6) is 5.75 Å². The molecular formula is C25H34N2O. The van der Waals surface area contributed by atoms with Crippen molar-refractivity contribution in [2.24, 2.45) is 0 Å². The van der Waals surface area contributed by atoms with Crippen LogP contribution in [0.15, 0.2) is 42.5 Å². The molecule has 2 aromatic rings. The lowest BCUT2D eigenvalue weighted by molar-refractivity contribution is 0.192. The minimum absolute atomic E-state index is 0.406.